The van der Waals surface area contributed by atoms with Crippen LogP contribution in [-0.4, -0.2) is 7.11 Å². The molecule has 0 radical (unpaired) electrons. The molecule has 0 aliphatic rings. The Morgan fingerprint density at radius 1 is 1.27 bits per heavy atom. The van der Waals surface area contributed by atoms with Crippen molar-refractivity contribution in [3.63, 3.8) is 0 Å². The first kappa shape index (κ1) is 14.5. The number of ether oxygens (including phenoxy) is 1. The molecule has 0 aliphatic heterocycles. The van der Waals surface area contributed by atoms with Crippen LogP contribution in [0, 0.1) is 17.3 Å². The number of hydrogen-bond acceptors (Lipinski definition) is 1. The van der Waals surface area contributed by atoms with Gasteiger partial charge in [0, 0.05) is 5.41 Å². The molecule has 3 unspecified atom stereocenters. The van der Waals surface area contributed by atoms with Crippen LogP contribution in [0.5, 0.6) is 0 Å². The van der Waals surface area contributed by atoms with E-state index in [0.29, 0.717) is 5.92 Å². The number of allylic oxidation sites excluding steroid dienone is 1. The van der Waals surface area contributed by atoms with Crippen LogP contribution in [-0.2, 0) is 4.74 Å². The van der Waals surface area contributed by atoms with Crippen molar-refractivity contribution in [2.24, 2.45) is 17.3 Å². The van der Waals surface area contributed by atoms with Gasteiger partial charge in [0.1, 0.15) is 0 Å². The lowest BCUT2D eigenvalue weighted by atomic mass is 9.69. The second-order valence-electron chi connectivity index (χ2n) is 5.07. The van der Waals surface area contributed by atoms with Gasteiger partial charge in [-0.25, -0.2) is 0 Å². The summed E-state index contributed by atoms with van der Waals surface area (Å²) in [6.45, 7) is 15.5. The standard InChI is InChI=1S/C14H28O/c1-8-11(3)10-14(6,12(4)9-2)13(5)15-7/h11-12H,5,8-10H2,1-4,6-7H3. The quantitative estimate of drug-likeness (QED) is 0.559. The Morgan fingerprint density at radius 3 is 2.13 bits per heavy atom. The maximum atomic E-state index is 5.39. The smallest absolute Gasteiger partial charge is 0.0945 e. The van der Waals surface area contributed by atoms with Gasteiger partial charge < -0.3 is 4.74 Å². The number of methoxy groups -OCH3 is 1. The zero-order valence-corrected chi connectivity index (χ0v) is 11.4. The molecule has 0 saturated carbocycles. The minimum Gasteiger partial charge on any atom is -0.501 e. The van der Waals surface area contributed by atoms with Crippen molar-refractivity contribution in [3.05, 3.63) is 12.3 Å². The van der Waals surface area contributed by atoms with E-state index in [1.54, 1.807) is 7.11 Å². The summed E-state index contributed by atoms with van der Waals surface area (Å²) in [7, 11) is 1.74. The molecule has 90 valence electrons. The van der Waals surface area contributed by atoms with Gasteiger partial charge in [0.2, 0.25) is 0 Å². The predicted molar refractivity (Wildman–Crippen MR) is 67.8 cm³/mol. The highest BCUT2D eigenvalue weighted by Crippen LogP contribution is 2.42. The van der Waals surface area contributed by atoms with Crippen LogP contribution in [0.3, 0.4) is 0 Å². The summed E-state index contributed by atoms with van der Waals surface area (Å²) in [5.41, 5.74) is 0.124. The molecular formula is C14H28O. The summed E-state index contributed by atoms with van der Waals surface area (Å²) in [4.78, 5) is 0. The lowest BCUT2D eigenvalue weighted by molar-refractivity contribution is 0.102. The third kappa shape index (κ3) is 3.55. The van der Waals surface area contributed by atoms with Crippen LogP contribution in [0.25, 0.3) is 0 Å². The molecule has 0 saturated heterocycles. The van der Waals surface area contributed by atoms with Crippen molar-refractivity contribution in [1.82, 2.24) is 0 Å². The van der Waals surface area contributed by atoms with Gasteiger partial charge in [0.05, 0.1) is 12.9 Å². The van der Waals surface area contributed by atoms with Crippen LogP contribution >= 0.6 is 0 Å². The zero-order chi connectivity index (χ0) is 12.1. The van der Waals surface area contributed by atoms with E-state index in [0.717, 1.165) is 11.7 Å². The van der Waals surface area contributed by atoms with Gasteiger partial charge in [-0.2, -0.15) is 0 Å². The molecule has 0 aromatic carbocycles. The lowest BCUT2D eigenvalue weighted by Crippen LogP contribution is -2.30. The zero-order valence-electron chi connectivity index (χ0n) is 11.4. The fourth-order valence-electron chi connectivity index (χ4n) is 2.14. The summed E-state index contributed by atoms with van der Waals surface area (Å²) < 4.78 is 5.39. The third-order valence-corrected chi connectivity index (χ3v) is 4.05. The first-order valence-electron chi connectivity index (χ1n) is 6.15. The van der Waals surface area contributed by atoms with Crippen molar-refractivity contribution in [3.8, 4) is 0 Å². The Hall–Kier alpha value is -0.460. The average molecular weight is 212 g/mol. The molecule has 0 N–H and O–H groups in total. The summed E-state index contributed by atoms with van der Waals surface area (Å²) in [5, 5.41) is 0. The van der Waals surface area contributed by atoms with Crippen molar-refractivity contribution in [2.75, 3.05) is 7.11 Å². The summed E-state index contributed by atoms with van der Waals surface area (Å²) >= 11 is 0. The highest BCUT2D eigenvalue weighted by Gasteiger charge is 2.35. The topological polar surface area (TPSA) is 9.23 Å². The van der Waals surface area contributed by atoms with Crippen LogP contribution in [0.2, 0.25) is 0 Å². The Labute approximate surface area is 95.9 Å². The van der Waals surface area contributed by atoms with Gasteiger partial charge in [-0.05, 0) is 18.3 Å². The second-order valence-corrected chi connectivity index (χ2v) is 5.07. The highest BCUT2D eigenvalue weighted by molar-refractivity contribution is 5.04. The van der Waals surface area contributed by atoms with Crippen LogP contribution < -0.4 is 0 Å². The van der Waals surface area contributed by atoms with Crippen LogP contribution in [0.1, 0.15) is 53.9 Å². The predicted octanol–water partition coefficient (Wildman–Crippen LogP) is 4.64. The van der Waals surface area contributed by atoms with Crippen molar-refractivity contribution < 1.29 is 4.74 Å². The summed E-state index contributed by atoms with van der Waals surface area (Å²) in [6.07, 6.45) is 3.57. The first-order chi connectivity index (χ1) is 6.92. The molecule has 3 atom stereocenters. The minimum atomic E-state index is 0.124. The molecule has 0 amide bonds. The third-order valence-electron chi connectivity index (χ3n) is 4.05. The van der Waals surface area contributed by atoms with Crippen molar-refractivity contribution in [1.29, 1.82) is 0 Å². The van der Waals surface area contributed by atoms with E-state index < -0.39 is 0 Å². The molecule has 0 spiro atoms. The van der Waals surface area contributed by atoms with Gasteiger partial charge in [-0.15, -0.1) is 0 Å². The van der Waals surface area contributed by atoms with Gasteiger partial charge in [-0.1, -0.05) is 54.0 Å². The molecule has 0 aromatic rings. The Morgan fingerprint density at radius 2 is 1.80 bits per heavy atom. The molecule has 15 heavy (non-hydrogen) atoms. The fraction of sp³-hybridized carbons (Fsp3) is 0.857. The monoisotopic (exact) mass is 212 g/mol. The van der Waals surface area contributed by atoms with Crippen LogP contribution in [0.4, 0.5) is 0 Å². The van der Waals surface area contributed by atoms with E-state index in [1.807, 2.05) is 0 Å². The Bertz CT molecular complexity index is 198. The molecule has 1 heteroatoms. The van der Waals surface area contributed by atoms with Crippen LogP contribution in [0.15, 0.2) is 12.3 Å². The van der Waals surface area contributed by atoms with E-state index in [4.69, 9.17) is 4.74 Å². The SMILES string of the molecule is C=C(OC)C(C)(CC(C)CC)C(C)CC. The Kier molecular flexibility index (Phi) is 6.00. The van der Waals surface area contributed by atoms with Crippen molar-refractivity contribution >= 4 is 0 Å². The molecule has 0 heterocycles. The maximum Gasteiger partial charge on any atom is 0.0945 e. The van der Waals surface area contributed by atoms with Crippen molar-refractivity contribution in [2.45, 2.75) is 53.9 Å². The fourth-order valence-corrected chi connectivity index (χ4v) is 2.14. The second kappa shape index (κ2) is 6.19. The minimum absolute atomic E-state index is 0.124. The maximum absolute atomic E-state index is 5.39. The van der Waals surface area contributed by atoms with E-state index in [1.165, 1.54) is 19.3 Å². The largest absolute Gasteiger partial charge is 0.501 e. The van der Waals surface area contributed by atoms with Gasteiger partial charge >= 0.3 is 0 Å². The lowest BCUT2D eigenvalue weighted by Gasteiger charge is -2.38. The molecule has 0 aliphatic carbocycles. The summed E-state index contributed by atoms with van der Waals surface area (Å²) in [5.74, 6) is 2.30. The average Bonchev–Trinajstić information content (AvgIpc) is 2.25. The normalized spacial score (nSPS) is 19.1. The highest BCUT2D eigenvalue weighted by atomic mass is 16.5. The van der Waals surface area contributed by atoms with Gasteiger partial charge in [0.25, 0.3) is 0 Å². The van der Waals surface area contributed by atoms with Gasteiger partial charge in [0.15, 0.2) is 0 Å². The molecule has 0 fully saturated rings. The number of rotatable bonds is 7. The summed E-state index contributed by atoms with van der Waals surface area (Å²) in [6, 6.07) is 0. The first-order valence-corrected chi connectivity index (χ1v) is 6.15. The molecule has 0 rings (SSSR count). The van der Waals surface area contributed by atoms with E-state index in [9.17, 15) is 0 Å². The number of hydrogen-bond donors (Lipinski definition) is 0. The molecule has 0 bridgehead atoms. The van der Waals surface area contributed by atoms with E-state index >= 15 is 0 Å². The molecule has 0 aromatic heterocycles. The molecular weight excluding hydrogens is 184 g/mol. The van der Waals surface area contributed by atoms with E-state index in [-0.39, 0.29) is 5.41 Å². The van der Waals surface area contributed by atoms with Gasteiger partial charge in [-0.3, -0.25) is 0 Å². The van der Waals surface area contributed by atoms with E-state index in [2.05, 4.69) is 41.2 Å². The molecule has 1 nitrogen and oxygen atoms in total. The Balaban J connectivity index is 4.77.